The number of hydrogen-bond donors (Lipinski definition) is 1. The van der Waals surface area contributed by atoms with Gasteiger partial charge in [-0.25, -0.2) is 0 Å². The molecule has 0 bridgehead atoms. The van der Waals surface area contributed by atoms with Gasteiger partial charge >= 0.3 is 5.97 Å². The maximum Gasteiger partial charge on any atom is 0.303 e. The summed E-state index contributed by atoms with van der Waals surface area (Å²) in [5.41, 5.74) is 5.43. The lowest BCUT2D eigenvalue weighted by Crippen LogP contribution is -2.59. The minimum Gasteiger partial charge on any atom is -0.451 e. The van der Waals surface area contributed by atoms with Crippen molar-refractivity contribution in [3.63, 3.8) is 0 Å². The number of hydrogen-bond acceptors (Lipinski definition) is 6. The first-order valence-electron chi connectivity index (χ1n) is 19.9. The summed E-state index contributed by atoms with van der Waals surface area (Å²) >= 11 is 0. The molecule has 280 valence electrons. The molecule has 0 spiro atoms. The van der Waals surface area contributed by atoms with E-state index in [4.69, 9.17) is 4.74 Å². The van der Waals surface area contributed by atoms with E-state index in [-0.39, 0.29) is 40.2 Å². The van der Waals surface area contributed by atoms with Crippen molar-refractivity contribution in [2.45, 2.75) is 111 Å². The number of benzene rings is 1. The highest BCUT2D eigenvalue weighted by atomic mass is 16.6. The van der Waals surface area contributed by atoms with E-state index < -0.39 is 5.60 Å². The third-order valence-electron chi connectivity index (χ3n) is 14.9. The highest BCUT2D eigenvalue weighted by Crippen LogP contribution is 2.69. The number of rotatable bonds is 5. The molecule has 2 heterocycles. The van der Waals surface area contributed by atoms with Crippen LogP contribution in [0, 0.1) is 40.4 Å². The predicted molar refractivity (Wildman–Crippen MR) is 204 cm³/mol. The van der Waals surface area contributed by atoms with Crippen LogP contribution in [0.2, 0.25) is 0 Å². The smallest absolute Gasteiger partial charge is 0.303 e. The number of esters is 1. The van der Waals surface area contributed by atoms with Crippen molar-refractivity contribution in [3.05, 3.63) is 53.2 Å². The molecule has 1 aromatic heterocycles. The fourth-order valence-corrected chi connectivity index (χ4v) is 12.4. The van der Waals surface area contributed by atoms with Crippen LogP contribution in [-0.4, -0.2) is 76.6 Å². The number of allylic oxidation sites excluding steroid dienone is 1. The maximum absolute atomic E-state index is 12.9. The van der Waals surface area contributed by atoms with Crippen LogP contribution in [0.15, 0.2) is 42.1 Å². The number of amides is 1. The average molecular weight is 710 g/mol. The SMILES string of the molecule is CC(=O)O[C@]1(C(C)=O)CC[C@H]2[C@@H]3C[C@H](C)C4=CC(=O)CC[C@]4(C)[C@H]3CC[C@@]21C.CCN(CC)C(=O)[C@@H]1C=C2c3cccc4[nH]cc(c34)C[C@H]2N(C)C1. The molecule has 3 saturated carbocycles. The molecule has 8 nitrogen and oxygen atoms in total. The lowest BCUT2D eigenvalue weighted by atomic mass is 9.44. The molecule has 6 aliphatic rings. The quantitative estimate of drug-likeness (QED) is 0.322. The molecule has 1 N–H and O–H groups in total. The molecule has 1 aliphatic heterocycles. The van der Waals surface area contributed by atoms with Gasteiger partial charge in [-0.1, -0.05) is 44.6 Å². The molecule has 0 saturated heterocycles. The summed E-state index contributed by atoms with van der Waals surface area (Å²) in [5.74, 6) is 2.03. The van der Waals surface area contributed by atoms with Crippen LogP contribution in [0.25, 0.3) is 16.5 Å². The Morgan fingerprint density at radius 1 is 1.04 bits per heavy atom. The van der Waals surface area contributed by atoms with Gasteiger partial charge in [0.25, 0.3) is 0 Å². The fraction of sp³-hybridized carbons (Fsp3) is 0.636. The van der Waals surface area contributed by atoms with Crippen LogP contribution in [-0.2, 0) is 30.3 Å². The van der Waals surface area contributed by atoms with E-state index >= 15 is 0 Å². The molecular formula is C44H59N3O5. The van der Waals surface area contributed by atoms with Gasteiger partial charge in [0.15, 0.2) is 17.2 Å². The Balaban J connectivity index is 0.000000164. The minimum absolute atomic E-state index is 0.00469. The Bertz CT molecular complexity index is 1850. The molecule has 8 rings (SSSR count). The summed E-state index contributed by atoms with van der Waals surface area (Å²) in [7, 11) is 2.15. The van der Waals surface area contributed by atoms with E-state index in [0.717, 1.165) is 58.2 Å². The number of nitrogens with zero attached hydrogens (tertiary/aromatic N) is 2. The first-order valence-corrected chi connectivity index (χ1v) is 19.9. The zero-order chi connectivity index (χ0) is 37.3. The normalized spacial score (nSPS) is 36.2. The summed E-state index contributed by atoms with van der Waals surface area (Å²) < 4.78 is 5.84. The standard InChI is InChI=1S/C24H34O4.C20H25N3O/c1-14-12-18-19(22(4)9-6-17(27)13-21(14)22)7-10-23(5)20(18)8-11-24(23,15(2)25)28-16(3)26;1-4-23(5-2)20(24)14-9-16-15-7-6-8-17-19(15)13(11-21-17)10-18(16)22(3)12-14/h13-14,18-20H,6-12H2,1-5H3;6-9,11,14,18,21H,4-5,10,12H2,1-3H3/t14-,18+,19-,20-,22+,23-,24-;14-,18-/m01/s1. The van der Waals surface area contributed by atoms with Crippen molar-refractivity contribution in [1.29, 1.82) is 0 Å². The number of ether oxygens (including phenoxy) is 1. The highest BCUT2D eigenvalue weighted by molar-refractivity contribution is 5.99. The van der Waals surface area contributed by atoms with Crippen molar-refractivity contribution in [1.82, 2.24) is 14.8 Å². The van der Waals surface area contributed by atoms with Gasteiger partial charge in [0.2, 0.25) is 5.91 Å². The van der Waals surface area contributed by atoms with Gasteiger partial charge in [0.1, 0.15) is 0 Å². The number of carbonyl (C=O) groups excluding carboxylic acids is 4. The molecule has 9 atom stereocenters. The van der Waals surface area contributed by atoms with Gasteiger partial charge in [-0.15, -0.1) is 0 Å². The first kappa shape index (κ1) is 36.8. The van der Waals surface area contributed by atoms with Crippen molar-refractivity contribution >= 4 is 39.9 Å². The molecule has 5 aliphatic carbocycles. The Kier molecular flexibility index (Phi) is 9.49. The number of likely N-dealkylation sites (N-methyl/N-ethyl adjacent to an activating group) is 1. The van der Waals surface area contributed by atoms with Crippen LogP contribution in [0.5, 0.6) is 0 Å². The average Bonchev–Trinajstić information content (AvgIpc) is 3.66. The number of fused-ring (bicyclic) bond motifs is 7. The molecule has 1 aromatic carbocycles. The second-order valence-corrected chi connectivity index (χ2v) is 17.4. The maximum atomic E-state index is 12.9. The lowest BCUT2D eigenvalue weighted by molar-refractivity contribution is -0.187. The second kappa shape index (κ2) is 13.4. The Morgan fingerprint density at radius 3 is 2.46 bits per heavy atom. The first-order chi connectivity index (χ1) is 24.7. The molecule has 8 heteroatoms. The van der Waals surface area contributed by atoms with E-state index in [1.165, 1.54) is 40.1 Å². The summed E-state index contributed by atoms with van der Waals surface area (Å²) in [5, 5.41) is 1.34. The van der Waals surface area contributed by atoms with Crippen molar-refractivity contribution in [2.24, 2.45) is 40.4 Å². The molecule has 2 aromatic rings. The van der Waals surface area contributed by atoms with E-state index in [2.05, 4.69) is 82.0 Å². The van der Waals surface area contributed by atoms with Gasteiger partial charge in [0.05, 0.1) is 5.92 Å². The molecular weight excluding hydrogens is 650 g/mol. The van der Waals surface area contributed by atoms with Gasteiger partial charge in [0, 0.05) is 61.5 Å². The number of H-pyrrole nitrogens is 1. The van der Waals surface area contributed by atoms with Crippen LogP contribution in [0.1, 0.15) is 105 Å². The van der Waals surface area contributed by atoms with Crippen LogP contribution >= 0.6 is 0 Å². The number of carbonyl (C=O) groups is 4. The molecule has 52 heavy (non-hydrogen) atoms. The molecule has 3 fully saturated rings. The van der Waals surface area contributed by atoms with Crippen LogP contribution in [0.4, 0.5) is 0 Å². The Hall–Kier alpha value is -3.52. The third-order valence-corrected chi connectivity index (χ3v) is 14.9. The number of Topliss-reactive ketones (excluding diaryl/α,β-unsaturated/α-hetero) is 1. The lowest BCUT2D eigenvalue weighted by Gasteiger charge is -2.60. The van der Waals surface area contributed by atoms with E-state index in [1.54, 1.807) is 6.92 Å². The monoisotopic (exact) mass is 709 g/mol. The van der Waals surface area contributed by atoms with Crippen molar-refractivity contribution in [3.8, 4) is 0 Å². The Labute approximate surface area is 309 Å². The topological polar surface area (TPSA) is 99.8 Å². The number of nitrogens with one attached hydrogen (secondary N) is 1. The van der Waals surface area contributed by atoms with E-state index in [0.29, 0.717) is 42.6 Å². The number of aromatic amines is 1. The van der Waals surface area contributed by atoms with E-state index in [9.17, 15) is 19.2 Å². The summed E-state index contributed by atoms with van der Waals surface area (Å²) in [6.07, 6.45) is 13.6. The molecule has 0 unspecified atom stereocenters. The molecule has 1 amide bonds. The van der Waals surface area contributed by atoms with Crippen molar-refractivity contribution in [2.75, 3.05) is 26.7 Å². The zero-order valence-corrected chi connectivity index (χ0v) is 32.6. The van der Waals surface area contributed by atoms with Gasteiger partial charge < -0.3 is 14.6 Å². The van der Waals surface area contributed by atoms with E-state index in [1.807, 2.05) is 11.0 Å². The largest absolute Gasteiger partial charge is 0.451 e. The molecule has 0 radical (unpaired) electrons. The van der Waals surface area contributed by atoms with Crippen LogP contribution in [0.3, 0.4) is 0 Å². The Morgan fingerprint density at radius 2 is 1.77 bits per heavy atom. The predicted octanol–water partition coefficient (Wildman–Crippen LogP) is 7.56. The van der Waals surface area contributed by atoms with Crippen molar-refractivity contribution < 1.29 is 23.9 Å². The van der Waals surface area contributed by atoms with Gasteiger partial charge in [-0.3, -0.25) is 24.1 Å². The summed E-state index contributed by atoms with van der Waals surface area (Å²) in [6.45, 7) is 16.3. The highest BCUT2D eigenvalue weighted by Gasteiger charge is 2.68. The summed E-state index contributed by atoms with van der Waals surface area (Å²) in [4.78, 5) is 57.4. The van der Waals surface area contributed by atoms with Gasteiger partial charge in [-0.2, -0.15) is 0 Å². The third kappa shape index (κ3) is 5.56. The fourth-order valence-electron chi connectivity index (χ4n) is 12.4. The van der Waals surface area contributed by atoms with Crippen LogP contribution < -0.4 is 0 Å². The second-order valence-electron chi connectivity index (χ2n) is 17.4. The van der Waals surface area contributed by atoms with Gasteiger partial charge in [-0.05, 0) is 131 Å². The number of ketones is 2. The number of aromatic nitrogens is 1. The summed E-state index contributed by atoms with van der Waals surface area (Å²) in [6, 6.07) is 6.82. The minimum atomic E-state index is -0.961. The zero-order valence-electron chi connectivity index (χ0n) is 32.6.